The Morgan fingerprint density at radius 3 is 2.27 bits per heavy atom. The molecule has 0 aliphatic carbocycles. The lowest BCUT2D eigenvalue weighted by Gasteiger charge is -2.12. The first-order chi connectivity index (χ1) is 5.07. The third-order valence-corrected chi connectivity index (χ3v) is 2.14. The van der Waals surface area contributed by atoms with Crippen molar-refractivity contribution in [2.45, 2.75) is 34.1 Å². The second kappa shape index (κ2) is 5.11. The molecular weight excluding hydrogens is 136 g/mol. The molecule has 0 bridgehead atoms. The quantitative estimate of drug-likeness (QED) is 0.449. The van der Waals surface area contributed by atoms with Crippen LogP contribution in [0.4, 0.5) is 0 Å². The molecule has 0 aliphatic heterocycles. The first-order valence-electron chi connectivity index (χ1n) is 4.19. The third kappa shape index (κ3) is 4.77. The predicted molar refractivity (Wildman–Crippen MR) is 48.4 cm³/mol. The van der Waals surface area contributed by atoms with Crippen LogP contribution in [0.1, 0.15) is 34.1 Å². The fourth-order valence-corrected chi connectivity index (χ4v) is 0.692. The fourth-order valence-electron chi connectivity index (χ4n) is 0.692. The minimum absolute atomic E-state index is 0.671. The molecule has 0 fully saturated rings. The van der Waals surface area contributed by atoms with Gasteiger partial charge >= 0.3 is 0 Å². The van der Waals surface area contributed by atoms with Gasteiger partial charge in [0.15, 0.2) is 0 Å². The highest BCUT2D eigenvalue weighted by Crippen LogP contribution is 2.14. The van der Waals surface area contributed by atoms with Crippen LogP contribution in [0.5, 0.6) is 0 Å². The summed E-state index contributed by atoms with van der Waals surface area (Å²) in [5, 5.41) is 0. The van der Waals surface area contributed by atoms with Crippen LogP contribution in [-0.2, 0) is 4.79 Å². The molecular formula is C10H18O. The van der Waals surface area contributed by atoms with E-state index in [2.05, 4.69) is 20.8 Å². The van der Waals surface area contributed by atoms with Crippen LogP contribution >= 0.6 is 0 Å². The van der Waals surface area contributed by atoms with Crippen LogP contribution in [-0.4, -0.2) is 6.29 Å². The molecule has 0 saturated carbocycles. The molecule has 0 radical (unpaired) electrons. The summed E-state index contributed by atoms with van der Waals surface area (Å²) in [6, 6.07) is 0. The van der Waals surface area contributed by atoms with E-state index in [1.165, 1.54) is 0 Å². The number of hydrogen-bond donors (Lipinski definition) is 0. The third-order valence-electron chi connectivity index (χ3n) is 2.14. The summed E-state index contributed by atoms with van der Waals surface area (Å²) in [5.41, 5.74) is 0.845. The highest BCUT2D eigenvalue weighted by molar-refractivity contribution is 5.71. The zero-order valence-corrected chi connectivity index (χ0v) is 7.92. The molecule has 0 rings (SSSR count). The van der Waals surface area contributed by atoms with Crippen molar-refractivity contribution < 1.29 is 4.79 Å². The van der Waals surface area contributed by atoms with Gasteiger partial charge in [0.1, 0.15) is 6.29 Å². The van der Waals surface area contributed by atoms with E-state index < -0.39 is 0 Å². The van der Waals surface area contributed by atoms with E-state index in [-0.39, 0.29) is 0 Å². The summed E-state index contributed by atoms with van der Waals surface area (Å²) in [4.78, 5) is 10.2. The Kier molecular flexibility index (Phi) is 4.84. The molecule has 1 unspecified atom stereocenters. The lowest BCUT2D eigenvalue weighted by Crippen LogP contribution is -2.02. The van der Waals surface area contributed by atoms with Gasteiger partial charge in [-0.2, -0.15) is 0 Å². The highest BCUT2D eigenvalue weighted by Gasteiger charge is 2.04. The zero-order chi connectivity index (χ0) is 8.85. The van der Waals surface area contributed by atoms with E-state index in [1.807, 2.05) is 13.0 Å². The van der Waals surface area contributed by atoms with Crippen molar-refractivity contribution >= 4 is 6.29 Å². The Morgan fingerprint density at radius 1 is 1.36 bits per heavy atom. The average molecular weight is 154 g/mol. The lowest BCUT2D eigenvalue weighted by molar-refractivity contribution is -0.104. The van der Waals surface area contributed by atoms with Gasteiger partial charge < -0.3 is 0 Å². The standard InChI is InChI=1S/C10H18O/c1-8(2)10(4)6-5-9(3)7-11/h5,7-8,10H,6H2,1-4H3. The Bertz CT molecular complexity index is 145. The summed E-state index contributed by atoms with van der Waals surface area (Å²) >= 11 is 0. The molecule has 0 N–H and O–H groups in total. The Labute approximate surface area is 69.5 Å². The molecule has 0 heterocycles. The number of carbonyl (C=O) groups excluding carboxylic acids is 1. The normalized spacial score (nSPS) is 15.2. The predicted octanol–water partition coefficient (Wildman–Crippen LogP) is 2.81. The second-order valence-corrected chi connectivity index (χ2v) is 3.52. The number of carbonyl (C=O) groups is 1. The summed E-state index contributed by atoms with van der Waals surface area (Å²) < 4.78 is 0. The topological polar surface area (TPSA) is 17.1 Å². The van der Waals surface area contributed by atoms with Crippen LogP contribution in [0, 0.1) is 11.8 Å². The zero-order valence-electron chi connectivity index (χ0n) is 7.92. The smallest absolute Gasteiger partial charge is 0.145 e. The van der Waals surface area contributed by atoms with Crippen molar-refractivity contribution in [2.24, 2.45) is 11.8 Å². The molecule has 0 aromatic rings. The van der Waals surface area contributed by atoms with E-state index in [1.54, 1.807) is 0 Å². The van der Waals surface area contributed by atoms with Crippen molar-refractivity contribution in [3.05, 3.63) is 11.6 Å². The van der Waals surface area contributed by atoms with Crippen molar-refractivity contribution in [1.29, 1.82) is 0 Å². The SMILES string of the molecule is CC(C=O)=CCC(C)C(C)C. The van der Waals surface area contributed by atoms with Gasteiger partial charge in [0.05, 0.1) is 0 Å². The average Bonchev–Trinajstić information content (AvgIpc) is 1.99. The molecule has 0 amide bonds. The van der Waals surface area contributed by atoms with E-state index in [0.29, 0.717) is 11.8 Å². The molecule has 11 heavy (non-hydrogen) atoms. The highest BCUT2D eigenvalue weighted by atomic mass is 16.1. The molecule has 0 aromatic heterocycles. The van der Waals surface area contributed by atoms with Crippen LogP contribution in [0.3, 0.4) is 0 Å². The van der Waals surface area contributed by atoms with Gasteiger partial charge in [-0.3, -0.25) is 4.79 Å². The summed E-state index contributed by atoms with van der Waals surface area (Å²) in [6.45, 7) is 8.46. The van der Waals surface area contributed by atoms with Crippen LogP contribution in [0.15, 0.2) is 11.6 Å². The van der Waals surface area contributed by atoms with Gasteiger partial charge in [-0.25, -0.2) is 0 Å². The lowest BCUT2D eigenvalue weighted by atomic mass is 9.94. The fraction of sp³-hybridized carbons (Fsp3) is 0.700. The Balaban J connectivity index is 3.77. The van der Waals surface area contributed by atoms with Crippen molar-refractivity contribution in [2.75, 3.05) is 0 Å². The minimum Gasteiger partial charge on any atom is -0.298 e. The number of aldehydes is 1. The molecule has 1 heteroatoms. The maximum Gasteiger partial charge on any atom is 0.145 e. The van der Waals surface area contributed by atoms with Crippen LogP contribution < -0.4 is 0 Å². The van der Waals surface area contributed by atoms with Crippen molar-refractivity contribution in [1.82, 2.24) is 0 Å². The molecule has 1 atom stereocenters. The molecule has 0 aliphatic rings. The summed E-state index contributed by atoms with van der Waals surface area (Å²) in [7, 11) is 0. The molecule has 0 spiro atoms. The summed E-state index contributed by atoms with van der Waals surface area (Å²) in [5.74, 6) is 1.37. The van der Waals surface area contributed by atoms with Gasteiger partial charge in [-0.05, 0) is 30.8 Å². The molecule has 64 valence electrons. The summed E-state index contributed by atoms with van der Waals surface area (Å²) in [6.07, 6.45) is 3.94. The second-order valence-electron chi connectivity index (χ2n) is 3.52. The van der Waals surface area contributed by atoms with Crippen molar-refractivity contribution in [3.63, 3.8) is 0 Å². The van der Waals surface area contributed by atoms with E-state index >= 15 is 0 Å². The van der Waals surface area contributed by atoms with Gasteiger partial charge in [0.2, 0.25) is 0 Å². The molecule has 1 nitrogen and oxygen atoms in total. The van der Waals surface area contributed by atoms with E-state index in [4.69, 9.17) is 0 Å². The van der Waals surface area contributed by atoms with Crippen molar-refractivity contribution in [3.8, 4) is 0 Å². The van der Waals surface area contributed by atoms with Gasteiger partial charge in [0, 0.05) is 0 Å². The van der Waals surface area contributed by atoms with Gasteiger partial charge in [-0.1, -0.05) is 26.8 Å². The molecule has 0 aromatic carbocycles. The monoisotopic (exact) mass is 154 g/mol. The van der Waals surface area contributed by atoms with E-state index in [0.717, 1.165) is 18.3 Å². The Hall–Kier alpha value is -0.590. The van der Waals surface area contributed by atoms with Gasteiger partial charge in [-0.15, -0.1) is 0 Å². The minimum atomic E-state index is 0.671. The maximum absolute atomic E-state index is 10.2. The number of rotatable bonds is 4. The van der Waals surface area contributed by atoms with Crippen LogP contribution in [0.2, 0.25) is 0 Å². The Morgan fingerprint density at radius 2 is 1.91 bits per heavy atom. The first-order valence-corrected chi connectivity index (χ1v) is 4.19. The maximum atomic E-state index is 10.2. The number of allylic oxidation sites excluding steroid dienone is 2. The van der Waals surface area contributed by atoms with Crippen LogP contribution in [0.25, 0.3) is 0 Å². The number of hydrogen-bond acceptors (Lipinski definition) is 1. The van der Waals surface area contributed by atoms with E-state index in [9.17, 15) is 4.79 Å². The largest absolute Gasteiger partial charge is 0.298 e. The first kappa shape index (κ1) is 10.4. The van der Waals surface area contributed by atoms with Gasteiger partial charge in [0.25, 0.3) is 0 Å². The molecule has 0 saturated heterocycles.